The number of carboxylic acid groups (broad SMARTS) is 1. The summed E-state index contributed by atoms with van der Waals surface area (Å²) in [6.07, 6.45) is 0.789. The molecule has 2 atom stereocenters. The Morgan fingerprint density at radius 3 is 3.10 bits per heavy atom. The molecule has 0 aromatic heterocycles. The van der Waals surface area contributed by atoms with Crippen molar-refractivity contribution in [3.8, 4) is 0 Å². The molecule has 0 saturated carbocycles. The standard InChI is InChI=1S/C15H21FN2O3/c16-13-5-1-3-11(9-13)14(12-4-2-6-17-10-12)21-8-7-18-15(19)20/h1,3,5,9,12,14,17-18H,2,4,6-8,10H2,(H,19,20)/t12-,14?/m1/s1. The minimum Gasteiger partial charge on any atom is -0.465 e. The topological polar surface area (TPSA) is 70.6 Å². The Kier molecular flexibility index (Phi) is 5.95. The summed E-state index contributed by atoms with van der Waals surface area (Å²) in [5.41, 5.74) is 0.805. The van der Waals surface area contributed by atoms with E-state index in [9.17, 15) is 9.18 Å². The smallest absolute Gasteiger partial charge is 0.404 e. The van der Waals surface area contributed by atoms with Crippen molar-refractivity contribution in [3.63, 3.8) is 0 Å². The number of piperidine rings is 1. The summed E-state index contributed by atoms with van der Waals surface area (Å²) in [4.78, 5) is 10.4. The summed E-state index contributed by atoms with van der Waals surface area (Å²) in [7, 11) is 0. The van der Waals surface area contributed by atoms with Gasteiger partial charge in [0.2, 0.25) is 0 Å². The zero-order valence-electron chi connectivity index (χ0n) is 11.8. The molecule has 1 heterocycles. The van der Waals surface area contributed by atoms with Gasteiger partial charge in [-0.05, 0) is 37.1 Å². The van der Waals surface area contributed by atoms with Crippen LogP contribution in [-0.2, 0) is 4.74 Å². The molecule has 1 aliphatic rings. The van der Waals surface area contributed by atoms with Gasteiger partial charge in [0.15, 0.2) is 0 Å². The minimum atomic E-state index is -1.07. The highest BCUT2D eigenvalue weighted by molar-refractivity contribution is 5.64. The molecule has 1 aromatic rings. The van der Waals surface area contributed by atoms with Crippen molar-refractivity contribution in [2.75, 3.05) is 26.2 Å². The van der Waals surface area contributed by atoms with Crippen LogP contribution in [0.2, 0.25) is 0 Å². The summed E-state index contributed by atoms with van der Waals surface area (Å²) >= 11 is 0. The monoisotopic (exact) mass is 296 g/mol. The molecule has 0 aliphatic carbocycles. The average Bonchev–Trinajstić information content (AvgIpc) is 2.48. The van der Waals surface area contributed by atoms with Crippen LogP contribution in [-0.4, -0.2) is 37.4 Å². The molecule has 1 amide bonds. The molecule has 1 fully saturated rings. The molecule has 116 valence electrons. The lowest BCUT2D eigenvalue weighted by molar-refractivity contribution is 0.00477. The lowest BCUT2D eigenvalue weighted by Crippen LogP contribution is -2.35. The van der Waals surface area contributed by atoms with Gasteiger partial charge in [0.25, 0.3) is 0 Å². The van der Waals surface area contributed by atoms with E-state index in [1.54, 1.807) is 6.07 Å². The van der Waals surface area contributed by atoms with Gasteiger partial charge in [-0.25, -0.2) is 9.18 Å². The van der Waals surface area contributed by atoms with Crippen LogP contribution < -0.4 is 10.6 Å². The molecule has 1 saturated heterocycles. The van der Waals surface area contributed by atoms with Crippen LogP contribution in [0.4, 0.5) is 9.18 Å². The summed E-state index contributed by atoms with van der Waals surface area (Å²) in [5.74, 6) is -0.0149. The zero-order chi connectivity index (χ0) is 15.1. The van der Waals surface area contributed by atoms with E-state index in [1.165, 1.54) is 12.1 Å². The molecule has 1 unspecified atom stereocenters. The highest BCUT2D eigenvalue weighted by atomic mass is 19.1. The highest BCUT2D eigenvalue weighted by Crippen LogP contribution is 2.30. The molecule has 1 aromatic carbocycles. The van der Waals surface area contributed by atoms with Crippen molar-refractivity contribution in [1.29, 1.82) is 0 Å². The van der Waals surface area contributed by atoms with E-state index >= 15 is 0 Å². The van der Waals surface area contributed by atoms with E-state index < -0.39 is 6.09 Å². The van der Waals surface area contributed by atoms with Gasteiger partial charge in [-0.2, -0.15) is 0 Å². The first kappa shape index (κ1) is 15.7. The first-order chi connectivity index (χ1) is 10.2. The van der Waals surface area contributed by atoms with Gasteiger partial charge in [-0.1, -0.05) is 12.1 Å². The van der Waals surface area contributed by atoms with Crippen molar-refractivity contribution < 1.29 is 19.0 Å². The van der Waals surface area contributed by atoms with E-state index in [-0.39, 0.29) is 31.0 Å². The molecule has 0 radical (unpaired) electrons. The number of halogens is 1. The van der Waals surface area contributed by atoms with Crippen molar-refractivity contribution in [3.05, 3.63) is 35.6 Å². The largest absolute Gasteiger partial charge is 0.465 e. The van der Waals surface area contributed by atoms with E-state index in [0.29, 0.717) is 0 Å². The molecular weight excluding hydrogens is 275 g/mol. The summed E-state index contributed by atoms with van der Waals surface area (Å²) in [6.45, 7) is 2.31. The number of amides is 1. The third-order valence-corrected chi connectivity index (χ3v) is 3.62. The number of ether oxygens (including phenoxy) is 1. The molecule has 21 heavy (non-hydrogen) atoms. The average molecular weight is 296 g/mol. The lowest BCUT2D eigenvalue weighted by Gasteiger charge is -2.31. The van der Waals surface area contributed by atoms with Gasteiger partial charge in [0, 0.05) is 19.0 Å². The van der Waals surface area contributed by atoms with Crippen molar-refractivity contribution in [1.82, 2.24) is 10.6 Å². The Labute approximate surface area is 123 Å². The fourth-order valence-electron chi connectivity index (χ4n) is 2.67. The third kappa shape index (κ3) is 4.99. The van der Waals surface area contributed by atoms with Crippen LogP contribution in [0.3, 0.4) is 0 Å². The van der Waals surface area contributed by atoms with E-state index in [4.69, 9.17) is 9.84 Å². The summed E-state index contributed by atoms with van der Waals surface area (Å²) < 4.78 is 19.3. The van der Waals surface area contributed by atoms with Crippen LogP contribution in [0.15, 0.2) is 24.3 Å². The maximum Gasteiger partial charge on any atom is 0.404 e. The number of benzene rings is 1. The first-order valence-electron chi connectivity index (χ1n) is 7.21. The quantitative estimate of drug-likeness (QED) is 0.704. The molecule has 1 aliphatic heterocycles. The molecular formula is C15H21FN2O3. The normalized spacial score (nSPS) is 20.0. The number of hydrogen-bond donors (Lipinski definition) is 3. The maximum absolute atomic E-state index is 13.4. The summed E-state index contributed by atoms with van der Waals surface area (Å²) in [6, 6.07) is 6.43. The van der Waals surface area contributed by atoms with E-state index in [0.717, 1.165) is 31.5 Å². The molecule has 0 spiro atoms. The van der Waals surface area contributed by atoms with Crippen LogP contribution in [0, 0.1) is 11.7 Å². The summed E-state index contributed by atoms with van der Waals surface area (Å²) in [5, 5.41) is 14.1. The molecule has 2 rings (SSSR count). The zero-order valence-corrected chi connectivity index (χ0v) is 11.8. The van der Waals surface area contributed by atoms with Crippen LogP contribution in [0.25, 0.3) is 0 Å². The minimum absolute atomic E-state index is 0.218. The van der Waals surface area contributed by atoms with E-state index in [2.05, 4.69) is 10.6 Å². The molecule has 3 N–H and O–H groups in total. The SMILES string of the molecule is O=C(O)NCCOC(c1cccc(F)c1)[C@@H]1CCCNC1. The van der Waals surface area contributed by atoms with Crippen molar-refractivity contribution >= 4 is 6.09 Å². The predicted molar refractivity (Wildman–Crippen MR) is 76.7 cm³/mol. The maximum atomic E-state index is 13.4. The van der Waals surface area contributed by atoms with Crippen LogP contribution in [0.5, 0.6) is 0 Å². The second kappa shape index (κ2) is 7.95. The number of hydrogen-bond acceptors (Lipinski definition) is 3. The number of nitrogens with one attached hydrogen (secondary N) is 2. The molecule has 6 heteroatoms. The Balaban J connectivity index is 2.01. The second-order valence-electron chi connectivity index (χ2n) is 5.18. The Bertz CT molecular complexity index is 464. The lowest BCUT2D eigenvalue weighted by atomic mass is 9.89. The van der Waals surface area contributed by atoms with Gasteiger partial charge < -0.3 is 20.5 Å². The van der Waals surface area contributed by atoms with Crippen molar-refractivity contribution in [2.24, 2.45) is 5.92 Å². The van der Waals surface area contributed by atoms with Gasteiger partial charge >= 0.3 is 6.09 Å². The van der Waals surface area contributed by atoms with Gasteiger partial charge in [0.05, 0.1) is 12.7 Å². The predicted octanol–water partition coefficient (Wildman–Crippen LogP) is 2.15. The second-order valence-corrected chi connectivity index (χ2v) is 5.18. The van der Waals surface area contributed by atoms with Gasteiger partial charge in [-0.15, -0.1) is 0 Å². The van der Waals surface area contributed by atoms with Crippen LogP contribution in [0.1, 0.15) is 24.5 Å². The highest BCUT2D eigenvalue weighted by Gasteiger charge is 2.26. The van der Waals surface area contributed by atoms with Gasteiger partial charge in [0.1, 0.15) is 5.82 Å². The number of rotatable bonds is 6. The fraction of sp³-hybridized carbons (Fsp3) is 0.533. The fourth-order valence-corrected chi connectivity index (χ4v) is 2.67. The molecule has 0 bridgehead atoms. The third-order valence-electron chi connectivity index (χ3n) is 3.62. The van der Waals surface area contributed by atoms with Crippen LogP contribution >= 0.6 is 0 Å². The van der Waals surface area contributed by atoms with Gasteiger partial charge in [-0.3, -0.25) is 0 Å². The number of carbonyl (C=O) groups is 1. The Morgan fingerprint density at radius 2 is 2.43 bits per heavy atom. The van der Waals surface area contributed by atoms with Crippen molar-refractivity contribution in [2.45, 2.75) is 18.9 Å². The molecule has 5 nitrogen and oxygen atoms in total. The van der Waals surface area contributed by atoms with E-state index in [1.807, 2.05) is 6.07 Å². The Morgan fingerprint density at radius 1 is 1.57 bits per heavy atom. The Hall–Kier alpha value is -1.66. The first-order valence-corrected chi connectivity index (χ1v) is 7.21.